The molecule has 11 aromatic rings. The molecule has 4 nitrogen and oxygen atoms in total. The molecule has 0 radical (unpaired) electrons. The molecule has 0 amide bonds. The van der Waals surface area contributed by atoms with Crippen LogP contribution in [0.3, 0.4) is 0 Å². The van der Waals surface area contributed by atoms with Gasteiger partial charge in [-0.1, -0.05) is 194 Å². The Bertz CT molecular complexity index is 3300. The number of rotatable bonds is 7. The van der Waals surface area contributed by atoms with Gasteiger partial charge in [-0.15, -0.1) is 11.3 Å². The van der Waals surface area contributed by atoms with E-state index in [-0.39, 0.29) is 0 Å². The molecule has 3 aromatic heterocycles. The molecule has 0 aliphatic carbocycles. The summed E-state index contributed by atoms with van der Waals surface area (Å²) in [6.45, 7) is 0. The summed E-state index contributed by atoms with van der Waals surface area (Å²) < 4.78 is 1.23. The van der Waals surface area contributed by atoms with E-state index in [0.29, 0.717) is 17.5 Å². The van der Waals surface area contributed by atoms with Crippen LogP contribution in [-0.4, -0.2) is 19.9 Å². The van der Waals surface area contributed by atoms with Crippen molar-refractivity contribution in [1.82, 2.24) is 19.9 Å². The number of hydrogen-bond acceptors (Lipinski definition) is 5. The molecule has 3 heterocycles. The van der Waals surface area contributed by atoms with Crippen molar-refractivity contribution in [1.29, 1.82) is 0 Å². The topological polar surface area (TPSA) is 51.6 Å². The highest BCUT2D eigenvalue weighted by Crippen LogP contribution is 2.51. The fourth-order valence-electron chi connectivity index (χ4n) is 8.08. The maximum Gasteiger partial charge on any atom is 0.164 e. The summed E-state index contributed by atoms with van der Waals surface area (Å²) in [6.07, 6.45) is 0. The standard InChI is InChI=1S/C54H34N4S/c1-4-16-35(17-5-1)41-24-14-25-42(34-41)54-57-52(39-21-8-3-9-22-39)56-53(58-54)40-32-30-38(31-33-40)50-47(44-28-15-23-36-18-10-11-26-43(36)44)48-49(37-19-6-2-7-20-37)55-46-29-13-12-27-45(46)51(48)59-50/h1-34H. The van der Waals surface area contributed by atoms with Gasteiger partial charge in [-0.2, -0.15) is 0 Å². The molecule has 59 heavy (non-hydrogen) atoms. The molecule has 0 aliphatic heterocycles. The van der Waals surface area contributed by atoms with Crippen molar-refractivity contribution in [3.05, 3.63) is 206 Å². The van der Waals surface area contributed by atoms with Crippen LogP contribution < -0.4 is 0 Å². The summed E-state index contributed by atoms with van der Waals surface area (Å²) in [5.74, 6) is 1.89. The number of nitrogens with zero attached hydrogens (tertiary/aromatic N) is 4. The van der Waals surface area contributed by atoms with Crippen LogP contribution in [0, 0.1) is 0 Å². The van der Waals surface area contributed by atoms with Crippen molar-refractivity contribution >= 4 is 43.1 Å². The SMILES string of the molecule is c1ccc(-c2cccc(-c3nc(-c4ccccc4)nc(-c4ccc(-c5sc6c(c(-c7ccccc7)nc7ccccc76)c5-c5cccc6ccccc56)cc4)n3)c2)cc1. The molecular formula is C54H34N4S. The van der Waals surface area contributed by atoms with E-state index in [1.807, 2.05) is 47.7 Å². The van der Waals surface area contributed by atoms with Gasteiger partial charge in [-0.25, -0.2) is 19.9 Å². The number of pyridine rings is 1. The highest BCUT2D eigenvalue weighted by atomic mass is 32.1. The maximum absolute atomic E-state index is 5.37. The Morgan fingerprint density at radius 1 is 0.339 bits per heavy atom. The van der Waals surface area contributed by atoms with Gasteiger partial charge < -0.3 is 0 Å². The van der Waals surface area contributed by atoms with Gasteiger partial charge in [0.1, 0.15) is 0 Å². The molecule has 0 spiro atoms. The van der Waals surface area contributed by atoms with Gasteiger partial charge in [0.05, 0.1) is 11.2 Å². The third kappa shape index (κ3) is 6.35. The number of fused-ring (bicyclic) bond motifs is 4. The molecule has 0 N–H and O–H groups in total. The van der Waals surface area contributed by atoms with Crippen molar-refractivity contribution in [2.75, 3.05) is 0 Å². The molecule has 276 valence electrons. The average Bonchev–Trinajstić information content (AvgIpc) is 3.73. The number of aromatic nitrogens is 4. The van der Waals surface area contributed by atoms with Crippen molar-refractivity contribution in [3.8, 4) is 78.1 Å². The number of thiophene rings is 1. The molecule has 0 aliphatic rings. The van der Waals surface area contributed by atoms with E-state index in [0.717, 1.165) is 55.5 Å². The van der Waals surface area contributed by atoms with Crippen molar-refractivity contribution in [2.24, 2.45) is 0 Å². The summed E-state index contributed by atoms with van der Waals surface area (Å²) >= 11 is 1.84. The van der Waals surface area contributed by atoms with Crippen LogP contribution in [0.1, 0.15) is 0 Å². The Labute approximate surface area is 345 Å². The van der Waals surface area contributed by atoms with Crippen molar-refractivity contribution in [2.45, 2.75) is 0 Å². The molecule has 11 rings (SSSR count). The quantitative estimate of drug-likeness (QED) is 0.162. The van der Waals surface area contributed by atoms with Crippen LogP contribution in [0.5, 0.6) is 0 Å². The van der Waals surface area contributed by atoms with E-state index in [4.69, 9.17) is 19.9 Å². The number of para-hydroxylation sites is 1. The van der Waals surface area contributed by atoms with Crippen LogP contribution in [-0.2, 0) is 0 Å². The first-order chi connectivity index (χ1) is 29.2. The lowest BCUT2D eigenvalue weighted by atomic mass is 9.91. The molecule has 0 saturated carbocycles. The van der Waals surface area contributed by atoms with E-state index < -0.39 is 0 Å². The van der Waals surface area contributed by atoms with Gasteiger partial charge in [-0.05, 0) is 45.2 Å². The Hall–Kier alpha value is -7.60. The summed E-state index contributed by atoms with van der Waals surface area (Å²) in [6, 6.07) is 72.1. The first kappa shape index (κ1) is 34.6. The zero-order valence-corrected chi connectivity index (χ0v) is 32.6. The predicted octanol–water partition coefficient (Wildman–Crippen LogP) is 14.5. The smallest absolute Gasteiger partial charge is 0.164 e. The molecule has 0 atom stereocenters. The summed E-state index contributed by atoms with van der Waals surface area (Å²) in [7, 11) is 0. The second-order valence-electron chi connectivity index (χ2n) is 14.6. The number of hydrogen-bond donors (Lipinski definition) is 0. The van der Waals surface area contributed by atoms with E-state index in [2.05, 4.69) is 170 Å². The van der Waals surface area contributed by atoms with E-state index in [1.165, 1.54) is 36.9 Å². The van der Waals surface area contributed by atoms with Gasteiger partial charge in [0.2, 0.25) is 0 Å². The van der Waals surface area contributed by atoms with E-state index in [9.17, 15) is 0 Å². The minimum Gasteiger partial charge on any atom is -0.247 e. The number of benzene rings is 8. The van der Waals surface area contributed by atoms with Crippen LogP contribution in [0.25, 0.3) is 110 Å². The largest absolute Gasteiger partial charge is 0.247 e. The molecular weight excluding hydrogens is 737 g/mol. The molecule has 0 fully saturated rings. The lowest BCUT2D eigenvalue weighted by Gasteiger charge is -2.13. The summed E-state index contributed by atoms with van der Waals surface area (Å²) in [5, 5.41) is 4.73. The van der Waals surface area contributed by atoms with Crippen LogP contribution in [0.4, 0.5) is 0 Å². The second-order valence-corrected chi connectivity index (χ2v) is 15.6. The van der Waals surface area contributed by atoms with Gasteiger partial charge >= 0.3 is 0 Å². The fourth-order valence-corrected chi connectivity index (χ4v) is 9.44. The van der Waals surface area contributed by atoms with Crippen molar-refractivity contribution < 1.29 is 0 Å². The zero-order chi connectivity index (χ0) is 39.1. The maximum atomic E-state index is 5.37. The third-order valence-corrected chi connectivity index (χ3v) is 12.2. The second kappa shape index (κ2) is 14.7. The molecule has 0 saturated heterocycles. The normalized spacial score (nSPS) is 11.4. The van der Waals surface area contributed by atoms with Crippen LogP contribution in [0.15, 0.2) is 206 Å². The first-order valence-corrected chi connectivity index (χ1v) is 20.5. The van der Waals surface area contributed by atoms with Gasteiger partial charge in [0.15, 0.2) is 17.5 Å². The highest BCUT2D eigenvalue weighted by molar-refractivity contribution is 7.24. The van der Waals surface area contributed by atoms with Gasteiger partial charge in [0.25, 0.3) is 0 Å². The van der Waals surface area contributed by atoms with Crippen LogP contribution >= 0.6 is 11.3 Å². The van der Waals surface area contributed by atoms with E-state index in [1.54, 1.807) is 0 Å². The highest BCUT2D eigenvalue weighted by Gasteiger charge is 2.24. The Kier molecular flexibility index (Phi) is 8.64. The first-order valence-electron chi connectivity index (χ1n) is 19.7. The van der Waals surface area contributed by atoms with Crippen molar-refractivity contribution in [3.63, 3.8) is 0 Å². The average molecular weight is 771 g/mol. The Morgan fingerprint density at radius 3 is 1.58 bits per heavy atom. The third-order valence-electron chi connectivity index (χ3n) is 10.9. The molecule has 5 heteroatoms. The minimum atomic E-state index is 0.623. The molecule has 0 bridgehead atoms. The van der Waals surface area contributed by atoms with Gasteiger partial charge in [-0.3, -0.25) is 0 Å². The lowest BCUT2D eigenvalue weighted by molar-refractivity contribution is 1.07. The zero-order valence-electron chi connectivity index (χ0n) is 31.8. The van der Waals surface area contributed by atoms with E-state index >= 15 is 0 Å². The molecule has 8 aromatic carbocycles. The summed E-state index contributed by atoms with van der Waals surface area (Å²) in [4.78, 5) is 21.8. The fraction of sp³-hybridized carbons (Fsp3) is 0. The summed E-state index contributed by atoms with van der Waals surface area (Å²) in [5.41, 5.74) is 11.6. The van der Waals surface area contributed by atoms with Gasteiger partial charge in [0, 0.05) is 48.2 Å². The monoisotopic (exact) mass is 770 g/mol. The van der Waals surface area contributed by atoms with Crippen LogP contribution in [0.2, 0.25) is 0 Å². The predicted molar refractivity (Wildman–Crippen MR) is 246 cm³/mol. The lowest BCUT2D eigenvalue weighted by Crippen LogP contribution is -2.00. The molecule has 0 unspecified atom stereocenters. The minimum absolute atomic E-state index is 0.623. The Balaban J connectivity index is 1.11. The Morgan fingerprint density at radius 2 is 0.847 bits per heavy atom.